The van der Waals surface area contributed by atoms with E-state index in [9.17, 15) is 14.4 Å². The molecular weight excluding hydrogens is 793 g/mol. The number of hydrogen-bond donors (Lipinski definition) is 0. The Bertz CT molecular complexity index is 1120. The topological polar surface area (TPSA) is 78.9 Å². The van der Waals surface area contributed by atoms with E-state index in [1.165, 1.54) is 161 Å². The van der Waals surface area contributed by atoms with Crippen molar-refractivity contribution in [3.8, 4) is 0 Å². The van der Waals surface area contributed by atoms with Crippen molar-refractivity contribution in [2.75, 3.05) is 13.2 Å². The SMILES string of the molecule is CC/C=C\C/C=C\C/C=C\CCCCCC(=O)OCC(COC(=O)CCCCCCCCC/C=C\CCCCCCCCC)OC(=O)CCCCCCCCCCCCCCCCC. The zero-order valence-electron chi connectivity index (χ0n) is 42.6. The molecule has 0 aromatic heterocycles. The fourth-order valence-corrected chi connectivity index (χ4v) is 7.92. The third kappa shape index (κ3) is 50.4. The average molecular weight is 897 g/mol. The van der Waals surface area contributed by atoms with E-state index in [0.717, 1.165) is 83.5 Å². The molecule has 0 aromatic rings. The van der Waals surface area contributed by atoms with Crippen LogP contribution in [-0.4, -0.2) is 37.2 Å². The number of rotatable bonds is 50. The van der Waals surface area contributed by atoms with Crippen LogP contribution in [0.1, 0.15) is 284 Å². The molecule has 0 spiro atoms. The van der Waals surface area contributed by atoms with E-state index in [1.54, 1.807) is 0 Å². The van der Waals surface area contributed by atoms with Gasteiger partial charge in [-0.3, -0.25) is 14.4 Å². The van der Waals surface area contributed by atoms with Crippen LogP contribution in [-0.2, 0) is 28.6 Å². The fraction of sp³-hybridized carbons (Fsp3) is 0.810. The second-order valence-corrected chi connectivity index (χ2v) is 18.5. The predicted molar refractivity (Wildman–Crippen MR) is 275 cm³/mol. The molecule has 0 aromatic carbocycles. The lowest BCUT2D eigenvalue weighted by atomic mass is 10.0. The van der Waals surface area contributed by atoms with Gasteiger partial charge in [-0.2, -0.15) is 0 Å². The van der Waals surface area contributed by atoms with E-state index in [-0.39, 0.29) is 31.1 Å². The molecule has 0 fully saturated rings. The highest BCUT2D eigenvalue weighted by Crippen LogP contribution is 2.16. The number of ether oxygens (including phenoxy) is 3. The molecule has 64 heavy (non-hydrogen) atoms. The maximum atomic E-state index is 12.8. The van der Waals surface area contributed by atoms with E-state index in [1.807, 2.05) is 0 Å². The Labute approximate surface area is 397 Å². The van der Waals surface area contributed by atoms with Crippen LogP contribution in [0.15, 0.2) is 48.6 Å². The van der Waals surface area contributed by atoms with Crippen LogP contribution < -0.4 is 0 Å². The molecule has 0 amide bonds. The van der Waals surface area contributed by atoms with Crippen LogP contribution >= 0.6 is 0 Å². The van der Waals surface area contributed by atoms with Gasteiger partial charge in [-0.15, -0.1) is 0 Å². The summed E-state index contributed by atoms with van der Waals surface area (Å²) in [6, 6.07) is 0. The third-order valence-corrected chi connectivity index (χ3v) is 12.1. The second kappa shape index (κ2) is 53.0. The van der Waals surface area contributed by atoms with Crippen LogP contribution in [0.4, 0.5) is 0 Å². The number of unbranched alkanes of at least 4 members (excludes halogenated alkanes) is 31. The summed E-state index contributed by atoms with van der Waals surface area (Å²) in [5.41, 5.74) is 0. The Balaban J connectivity index is 4.37. The van der Waals surface area contributed by atoms with Crippen molar-refractivity contribution in [3.05, 3.63) is 48.6 Å². The summed E-state index contributed by atoms with van der Waals surface area (Å²) in [6.45, 7) is 6.52. The molecule has 0 saturated heterocycles. The monoisotopic (exact) mass is 897 g/mol. The van der Waals surface area contributed by atoms with E-state index < -0.39 is 6.10 Å². The van der Waals surface area contributed by atoms with Crippen molar-refractivity contribution in [2.45, 2.75) is 290 Å². The molecule has 1 atom stereocenters. The molecule has 372 valence electrons. The van der Waals surface area contributed by atoms with Crippen LogP contribution in [0.3, 0.4) is 0 Å². The first-order chi connectivity index (χ1) is 31.5. The lowest BCUT2D eigenvalue weighted by molar-refractivity contribution is -0.167. The quantitative estimate of drug-likeness (QED) is 0.0262. The summed E-state index contributed by atoms with van der Waals surface area (Å²) in [6.07, 6.45) is 63.9. The third-order valence-electron chi connectivity index (χ3n) is 12.1. The summed E-state index contributed by atoms with van der Waals surface area (Å²) in [5, 5.41) is 0. The molecule has 0 saturated carbocycles. The molecule has 0 aliphatic rings. The van der Waals surface area contributed by atoms with E-state index in [4.69, 9.17) is 14.2 Å². The largest absolute Gasteiger partial charge is 0.462 e. The van der Waals surface area contributed by atoms with Gasteiger partial charge in [-0.1, -0.05) is 236 Å². The molecule has 6 heteroatoms. The number of hydrogen-bond acceptors (Lipinski definition) is 6. The minimum absolute atomic E-state index is 0.0822. The number of carbonyl (C=O) groups excluding carboxylic acids is 3. The summed E-state index contributed by atoms with van der Waals surface area (Å²) >= 11 is 0. The fourth-order valence-electron chi connectivity index (χ4n) is 7.92. The first-order valence-electron chi connectivity index (χ1n) is 27.6. The minimum atomic E-state index is -0.784. The van der Waals surface area contributed by atoms with Crippen molar-refractivity contribution in [1.82, 2.24) is 0 Å². The Morgan fingerprint density at radius 3 is 0.984 bits per heavy atom. The van der Waals surface area contributed by atoms with E-state index >= 15 is 0 Å². The molecule has 0 heterocycles. The molecule has 0 aliphatic carbocycles. The number of carbonyl (C=O) groups is 3. The highest BCUT2D eigenvalue weighted by atomic mass is 16.6. The van der Waals surface area contributed by atoms with Crippen molar-refractivity contribution in [3.63, 3.8) is 0 Å². The molecular formula is C58H104O6. The Morgan fingerprint density at radius 1 is 0.328 bits per heavy atom. The molecule has 0 rings (SSSR count). The maximum Gasteiger partial charge on any atom is 0.306 e. The first kappa shape index (κ1) is 61.4. The Hall–Kier alpha value is -2.63. The predicted octanol–water partition coefficient (Wildman–Crippen LogP) is 18.3. The lowest BCUT2D eigenvalue weighted by Crippen LogP contribution is -2.30. The standard InChI is InChI=1S/C58H104O6/c1-4-7-10-13-16-19-22-25-27-28-29-31-33-36-39-42-45-48-51-57(60)63-54-55(53-62-56(59)50-47-44-41-38-35-32-24-21-18-15-12-9-6-3)64-58(61)52-49-46-43-40-37-34-30-26-23-20-17-14-11-8-5-2/h9,12,18,21,27-28,32,35,55H,4-8,10-11,13-17,19-20,22-26,29-31,33-34,36-54H2,1-3H3/b12-9-,21-18-,28-27-,35-32-. The van der Waals surface area contributed by atoms with Crippen LogP contribution in [0, 0.1) is 0 Å². The van der Waals surface area contributed by atoms with Gasteiger partial charge in [-0.25, -0.2) is 0 Å². The number of allylic oxidation sites excluding steroid dienone is 8. The van der Waals surface area contributed by atoms with Crippen LogP contribution in [0.5, 0.6) is 0 Å². The lowest BCUT2D eigenvalue weighted by Gasteiger charge is -2.18. The average Bonchev–Trinajstić information content (AvgIpc) is 3.29. The summed E-state index contributed by atoms with van der Waals surface area (Å²) in [4.78, 5) is 38.0. The Kier molecular flexibility index (Phi) is 50.8. The summed E-state index contributed by atoms with van der Waals surface area (Å²) in [7, 11) is 0. The van der Waals surface area contributed by atoms with Gasteiger partial charge in [-0.05, 0) is 77.0 Å². The van der Waals surface area contributed by atoms with Gasteiger partial charge < -0.3 is 14.2 Å². The zero-order valence-corrected chi connectivity index (χ0v) is 42.6. The van der Waals surface area contributed by atoms with Crippen molar-refractivity contribution < 1.29 is 28.6 Å². The highest BCUT2D eigenvalue weighted by molar-refractivity contribution is 5.71. The van der Waals surface area contributed by atoms with Crippen molar-refractivity contribution in [2.24, 2.45) is 0 Å². The summed E-state index contributed by atoms with van der Waals surface area (Å²) < 4.78 is 16.8. The van der Waals surface area contributed by atoms with Gasteiger partial charge in [0.25, 0.3) is 0 Å². The van der Waals surface area contributed by atoms with Gasteiger partial charge >= 0.3 is 17.9 Å². The first-order valence-corrected chi connectivity index (χ1v) is 27.6. The molecule has 6 nitrogen and oxygen atoms in total. The van der Waals surface area contributed by atoms with Gasteiger partial charge in [0.15, 0.2) is 6.10 Å². The number of esters is 3. The summed E-state index contributed by atoms with van der Waals surface area (Å²) in [5.74, 6) is -0.904. The smallest absolute Gasteiger partial charge is 0.306 e. The maximum absolute atomic E-state index is 12.8. The molecule has 1 unspecified atom stereocenters. The van der Waals surface area contributed by atoms with Crippen molar-refractivity contribution in [1.29, 1.82) is 0 Å². The van der Waals surface area contributed by atoms with Crippen molar-refractivity contribution >= 4 is 17.9 Å². The normalized spacial score (nSPS) is 12.4. The molecule has 0 bridgehead atoms. The minimum Gasteiger partial charge on any atom is -0.462 e. The molecule has 0 radical (unpaired) electrons. The molecule has 0 aliphatic heterocycles. The van der Waals surface area contributed by atoms with Crippen LogP contribution in [0.2, 0.25) is 0 Å². The van der Waals surface area contributed by atoms with Gasteiger partial charge in [0, 0.05) is 19.3 Å². The Morgan fingerprint density at radius 2 is 0.609 bits per heavy atom. The van der Waals surface area contributed by atoms with E-state index in [0.29, 0.717) is 19.3 Å². The second-order valence-electron chi connectivity index (χ2n) is 18.5. The van der Waals surface area contributed by atoms with Gasteiger partial charge in [0.1, 0.15) is 13.2 Å². The van der Waals surface area contributed by atoms with Crippen LogP contribution in [0.25, 0.3) is 0 Å². The molecule has 0 N–H and O–H groups in total. The van der Waals surface area contributed by atoms with Gasteiger partial charge in [0.05, 0.1) is 0 Å². The van der Waals surface area contributed by atoms with E-state index in [2.05, 4.69) is 69.4 Å². The highest BCUT2D eigenvalue weighted by Gasteiger charge is 2.19. The van der Waals surface area contributed by atoms with Gasteiger partial charge in [0.2, 0.25) is 0 Å². The zero-order chi connectivity index (χ0) is 46.5.